The van der Waals surface area contributed by atoms with E-state index in [1.165, 1.54) is 0 Å². The van der Waals surface area contributed by atoms with Gasteiger partial charge in [-0.25, -0.2) is 4.98 Å². The lowest BCUT2D eigenvalue weighted by Crippen LogP contribution is -2.22. The number of nitrogens with two attached hydrogens (primary N) is 1. The van der Waals surface area contributed by atoms with Gasteiger partial charge >= 0.3 is 0 Å². The maximum atomic E-state index is 10.5. The monoisotopic (exact) mass is 461 g/mol. The zero-order chi connectivity index (χ0) is 24.1. The summed E-state index contributed by atoms with van der Waals surface area (Å²) in [7, 11) is 4.03. The Morgan fingerprint density at radius 1 is 1.09 bits per heavy atom. The van der Waals surface area contributed by atoms with Crippen molar-refractivity contribution in [2.45, 2.75) is 31.6 Å². The van der Waals surface area contributed by atoms with E-state index >= 15 is 0 Å². The molecule has 6 heteroatoms. The molecule has 174 valence electrons. The van der Waals surface area contributed by atoms with Gasteiger partial charge < -0.3 is 20.4 Å². The van der Waals surface area contributed by atoms with Crippen molar-refractivity contribution < 1.29 is 4.74 Å². The first-order valence-electron chi connectivity index (χ1n) is 12.0. The second kappa shape index (κ2) is 8.21. The van der Waals surface area contributed by atoms with Crippen LogP contribution in [0.5, 0.6) is 5.88 Å². The molecule has 1 aliphatic heterocycles. The van der Waals surface area contributed by atoms with Crippen LogP contribution in [0.25, 0.3) is 16.7 Å². The molecule has 1 atom stereocenters. The van der Waals surface area contributed by atoms with E-state index in [2.05, 4.69) is 40.2 Å². The summed E-state index contributed by atoms with van der Waals surface area (Å²) in [6.07, 6.45) is 5.92. The van der Waals surface area contributed by atoms with Gasteiger partial charge in [0.2, 0.25) is 5.88 Å². The first kappa shape index (κ1) is 21.3. The van der Waals surface area contributed by atoms with Crippen molar-refractivity contribution in [2.75, 3.05) is 24.7 Å². The predicted octanol–water partition coefficient (Wildman–Crippen LogP) is 5.55. The van der Waals surface area contributed by atoms with Gasteiger partial charge in [-0.05, 0) is 55.0 Å². The van der Waals surface area contributed by atoms with Crippen LogP contribution in [0.15, 0.2) is 60.3 Å². The molecule has 0 amide bonds. The van der Waals surface area contributed by atoms with E-state index in [0.29, 0.717) is 17.2 Å². The molecule has 1 aliphatic carbocycles. The number of aryl methyl sites for hydroxylation is 1. The number of anilines is 2. The minimum atomic E-state index is -0.358. The predicted molar refractivity (Wildman–Crippen MR) is 139 cm³/mol. The molecule has 0 saturated heterocycles. The number of nitrogen functional groups attached to an aromatic ring is 1. The minimum absolute atomic E-state index is 0.358. The summed E-state index contributed by atoms with van der Waals surface area (Å²) in [6.45, 7) is 0. The Balaban J connectivity index is 1.62. The summed E-state index contributed by atoms with van der Waals surface area (Å²) in [6, 6.07) is 18.8. The van der Waals surface area contributed by atoms with Gasteiger partial charge in [-0.3, -0.25) is 0 Å². The fraction of sp³-hybridized carbons (Fsp3) is 0.241. The number of pyridine rings is 1. The maximum Gasteiger partial charge on any atom is 0.225 e. The van der Waals surface area contributed by atoms with E-state index in [4.69, 9.17) is 15.5 Å². The lowest BCUT2D eigenvalue weighted by molar-refractivity contribution is 0.462. The highest BCUT2D eigenvalue weighted by atomic mass is 16.5. The number of hydrogen-bond donors (Lipinski definition) is 2. The zero-order valence-corrected chi connectivity index (χ0v) is 19.9. The molecule has 6 rings (SSSR count). The van der Waals surface area contributed by atoms with Crippen LogP contribution in [0, 0.1) is 11.3 Å². The lowest BCUT2D eigenvalue weighted by atomic mass is 9.80. The number of nitrogens with one attached hydrogen (secondary N) is 1. The average Bonchev–Trinajstić information content (AvgIpc) is 3.32. The lowest BCUT2D eigenvalue weighted by Gasteiger charge is -2.31. The van der Waals surface area contributed by atoms with Gasteiger partial charge in [-0.2, -0.15) is 5.26 Å². The topological polar surface area (TPSA) is 91.0 Å². The number of para-hydroxylation sites is 1. The Hall–Kier alpha value is -4.24. The molecular formula is C29H27N5O. The molecule has 0 radical (unpaired) electrons. The molecule has 35 heavy (non-hydrogen) atoms. The summed E-state index contributed by atoms with van der Waals surface area (Å²) in [4.78, 5) is 10.4. The van der Waals surface area contributed by atoms with Crippen molar-refractivity contribution in [3.8, 4) is 11.9 Å². The second-order valence-electron chi connectivity index (χ2n) is 9.50. The Kier molecular flexibility index (Phi) is 5.00. The van der Waals surface area contributed by atoms with Crippen molar-refractivity contribution in [3.05, 3.63) is 88.2 Å². The van der Waals surface area contributed by atoms with Gasteiger partial charge in [0.05, 0.1) is 23.1 Å². The van der Waals surface area contributed by atoms with E-state index in [1.807, 2.05) is 44.6 Å². The van der Waals surface area contributed by atoms with E-state index in [9.17, 15) is 5.26 Å². The number of aromatic amines is 1. The van der Waals surface area contributed by atoms with Crippen LogP contribution in [0.1, 0.15) is 46.7 Å². The largest absolute Gasteiger partial charge is 0.437 e. The number of ether oxygens (including phenoxy) is 1. The fourth-order valence-corrected chi connectivity index (χ4v) is 5.42. The first-order valence-corrected chi connectivity index (χ1v) is 12.0. The smallest absolute Gasteiger partial charge is 0.225 e. The standard InChI is InChI=1S/C29H27N5O/c1-34(2)18-13-11-17(12-14-18)25-21(15-30)28(22-16-32-23-9-5-3-7-19(22)23)35-29-26(25)27(31)20-8-4-6-10-24(20)33-29/h3,5,7,9,11-14,16,25,32H,4,6,8,10H2,1-2H3,(H2,31,33). The van der Waals surface area contributed by atoms with Gasteiger partial charge in [0.1, 0.15) is 0 Å². The molecule has 4 aromatic rings. The Morgan fingerprint density at radius 2 is 1.86 bits per heavy atom. The van der Waals surface area contributed by atoms with Crippen molar-refractivity contribution in [3.63, 3.8) is 0 Å². The summed E-state index contributed by atoms with van der Waals surface area (Å²) in [5.41, 5.74) is 15.0. The molecule has 2 aromatic carbocycles. The molecule has 0 fully saturated rings. The third kappa shape index (κ3) is 3.35. The summed E-state index contributed by atoms with van der Waals surface area (Å²) < 4.78 is 6.49. The van der Waals surface area contributed by atoms with Crippen LogP contribution in [-0.4, -0.2) is 24.1 Å². The van der Waals surface area contributed by atoms with E-state index < -0.39 is 0 Å². The van der Waals surface area contributed by atoms with Gasteiger partial charge in [0.15, 0.2) is 5.76 Å². The Bertz CT molecular complexity index is 1520. The quantitative estimate of drug-likeness (QED) is 0.417. The first-order chi connectivity index (χ1) is 17.1. The number of allylic oxidation sites excluding steroid dienone is 1. The number of nitrogens with zero attached hydrogens (tertiary/aromatic N) is 3. The Labute approximate surface area is 204 Å². The molecule has 3 heterocycles. The maximum absolute atomic E-state index is 10.5. The van der Waals surface area contributed by atoms with Gasteiger partial charge in [-0.1, -0.05) is 30.3 Å². The van der Waals surface area contributed by atoms with Crippen LogP contribution in [0.2, 0.25) is 0 Å². The van der Waals surface area contributed by atoms with Crippen LogP contribution < -0.4 is 15.4 Å². The minimum Gasteiger partial charge on any atom is -0.437 e. The highest BCUT2D eigenvalue weighted by Gasteiger charge is 2.37. The number of aromatic nitrogens is 2. The van der Waals surface area contributed by atoms with Crippen molar-refractivity contribution in [1.29, 1.82) is 5.26 Å². The molecule has 0 spiro atoms. The number of benzene rings is 2. The molecule has 1 unspecified atom stereocenters. The van der Waals surface area contributed by atoms with Crippen molar-refractivity contribution in [1.82, 2.24) is 9.97 Å². The van der Waals surface area contributed by atoms with Crippen LogP contribution in [-0.2, 0) is 12.8 Å². The number of H-pyrrole nitrogens is 1. The molecular weight excluding hydrogens is 434 g/mol. The molecule has 2 aromatic heterocycles. The van der Waals surface area contributed by atoms with E-state index in [-0.39, 0.29) is 5.92 Å². The summed E-state index contributed by atoms with van der Waals surface area (Å²) >= 11 is 0. The van der Waals surface area contributed by atoms with Crippen molar-refractivity contribution in [2.24, 2.45) is 0 Å². The number of rotatable bonds is 3. The highest BCUT2D eigenvalue weighted by Crippen LogP contribution is 2.50. The fourth-order valence-electron chi connectivity index (χ4n) is 5.42. The summed E-state index contributed by atoms with van der Waals surface area (Å²) in [5, 5.41) is 11.5. The second-order valence-corrected chi connectivity index (χ2v) is 9.50. The van der Waals surface area contributed by atoms with Gasteiger partial charge in [0.25, 0.3) is 0 Å². The van der Waals surface area contributed by atoms with Crippen LogP contribution >= 0.6 is 0 Å². The van der Waals surface area contributed by atoms with E-state index in [1.54, 1.807) is 0 Å². The van der Waals surface area contributed by atoms with Crippen LogP contribution in [0.3, 0.4) is 0 Å². The molecule has 0 bridgehead atoms. The average molecular weight is 462 g/mol. The number of fused-ring (bicyclic) bond motifs is 3. The molecule has 6 nitrogen and oxygen atoms in total. The third-order valence-electron chi connectivity index (χ3n) is 7.24. The Morgan fingerprint density at radius 3 is 2.63 bits per heavy atom. The SMILES string of the molecule is CN(C)c1ccc(C2C(C#N)=C(c3c[nH]c4ccccc34)Oc3nc4c(c(N)c32)CCCC4)cc1. The van der Waals surface area contributed by atoms with Gasteiger partial charge in [-0.15, -0.1) is 0 Å². The number of nitriles is 1. The normalized spacial score (nSPS) is 16.9. The zero-order valence-electron chi connectivity index (χ0n) is 19.9. The third-order valence-corrected chi connectivity index (χ3v) is 7.24. The summed E-state index contributed by atoms with van der Waals surface area (Å²) in [5.74, 6) is 0.703. The van der Waals surface area contributed by atoms with Crippen LogP contribution in [0.4, 0.5) is 11.4 Å². The van der Waals surface area contributed by atoms with Gasteiger partial charge in [0, 0.05) is 53.8 Å². The highest BCUT2D eigenvalue weighted by molar-refractivity contribution is 5.94. The molecule has 0 saturated carbocycles. The molecule has 2 aliphatic rings. The van der Waals surface area contributed by atoms with E-state index in [0.717, 1.165) is 75.9 Å². The van der Waals surface area contributed by atoms with Crippen molar-refractivity contribution >= 4 is 28.0 Å². The molecule has 3 N–H and O–H groups in total. The number of hydrogen-bond acceptors (Lipinski definition) is 5.